The molecule has 1 aromatic carbocycles. The lowest BCUT2D eigenvalue weighted by molar-refractivity contribution is -0.134. The molecule has 0 saturated heterocycles. The number of carbonyl (C=O) groups excluding carboxylic acids is 1. The van der Waals surface area contributed by atoms with E-state index in [2.05, 4.69) is 0 Å². The molecular weight excluding hydrogens is 212 g/mol. The Morgan fingerprint density at radius 3 is 2.27 bits per heavy atom. The zero-order valence-electron chi connectivity index (χ0n) is 8.79. The van der Waals surface area contributed by atoms with E-state index in [9.17, 15) is 4.79 Å². The molecule has 1 aliphatic heterocycles. The molecule has 15 heavy (non-hydrogen) atoms. The molecule has 2 rings (SSSR count). The van der Waals surface area contributed by atoms with Crippen molar-refractivity contribution in [2.24, 2.45) is 0 Å². The Labute approximate surface area is 94.5 Å². The molecule has 1 aromatic rings. The summed E-state index contributed by atoms with van der Waals surface area (Å²) in [5.74, 6) is 0.423. The van der Waals surface area contributed by atoms with Crippen LogP contribution >= 0.6 is 11.6 Å². The van der Waals surface area contributed by atoms with E-state index in [0.29, 0.717) is 17.2 Å². The highest BCUT2D eigenvalue weighted by Gasteiger charge is 2.15. The smallest absolute Gasteiger partial charge is 0.315 e. The molecule has 80 valence electrons. The van der Waals surface area contributed by atoms with E-state index in [4.69, 9.17) is 16.3 Å². The number of hydrogen-bond donors (Lipinski definition) is 0. The van der Waals surface area contributed by atoms with Crippen LogP contribution in [-0.4, -0.2) is 5.97 Å². The Balaban J connectivity index is 0.000000531. The van der Waals surface area contributed by atoms with Crippen molar-refractivity contribution in [1.29, 1.82) is 0 Å². The second kappa shape index (κ2) is 5.56. The van der Waals surface area contributed by atoms with Crippen LogP contribution in [0, 0.1) is 0 Å². The monoisotopic (exact) mass is 224 g/mol. The van der Waals surface area contributed by atoms with Crippen LogP contribution < -0.4 is 0 Å². The zero-order valence-corrected chi connectivity index (χ0v) is 9.54. The molecule has 0 N–H and O–H groups in total. The lowest BCUT2D eigenvalue weighted by Gasteiger charge is -2.01. The molecule has 0 radical (unpaired) electrons. The van der Waals surface area contributed by atoms with Gasteiger partial charge in [0.1, 0.15) is 5.76 Å². The van der Waals surface area contributed by atoms with Crippen molar-refractivity contribution in [3.63, 3.8) is 0 Å². The summed E-state index contributed by atoms with van der Waals surface area (Å²) >= 11 is 5.72. The topological polar surface area (TPSA) is 26.3 Å². The Hall–Kier alpha value is -1.28. The van der Waals surface area contributed by atoms with Crippen LogP contribution in [0.25, 0.3) is 5.76 Å². The minimum Gasteiger partial charge on any atom is -0.426 e. The lowest BCUT2D eigenvalue weighted by atomic mass is 10.2. The number of carbonyl (C=O) groups is 1. The van der Waals surface area contributed by atoms with E-state index in [-0.39, 0.29) is 5.97 Å². The summed E-state index contributed by atoms with van der Waals surface area (Å²) in [5, 5.41) is 0.675. The number of ether oxygens (including phenoxy) is 1. The average Bonchev–Trinajstić information content (AvgIpc) is 2.69. The molecule has 0 spiro atoms. The van der Waals surface area contributed by atoms with Gasteiger partial charge in [-0.3, -0.25) is 4.79 Å². The molecule has 0 bridgehead atoms. The van der Waals surface area contributed by atoms with Crippen LogP contribution in [0.5, 0.6) is 0 Å². The van der Waals surface area contributed by atoms with Gasteiger partial charge in [-0.1, -0.05) is 25.4 Å². The lowest BCUT2D eigenvalue weighted by Crippen LogP contribution is -1.93. The summed E-state index contributed by atoms with van der Waals surface area (Å²) in [6, 6.07) is 7.19. The molecule has 1 heterocycles. The van der Waals surface area contributed by atoms with Gasteiger partial charge in [0.15, 0.2) is 0 Å². The minimum atomic E-state index is -0.204. The second-order valence-corrected chi connectivity index (χ2v) is 3.19. The van der Waals surface area contributed by atoms with Crippen molar-refractivity contribution in [3.05, 3.63) is 40.9 Å². The highest BCUT2D eigenvalue weighted by molar-refractivity contribution is 6.30. The number of halogens is 1. The molecule has 0 amide bonds. The summed E-state index contributed by atoms with van der Waals surface area (Å²) in [5.41, 5.74) is 0.884. The summed E-state index contributed by atoms with van der Waals surface area (Å²) in [6.45, 7) is 4.00. The maximum absolute atomic E-state index is 10.8. The third-order valence-corrected chi connectivity index (χ3v) is 2.06. The van der Waals surface area contributed by atoms with Crippen LogP contribution in [0.1, 0.15) is 25.8 Å². The highest BCUT2D eigenvalue weighted by atomic mass is 35.5. The van der Waals surface area contributed by atoms with Gasteiger partial charge in [-0.05, 0) is 30.3 Å². The molecule has 0 aliphatic carbocycles. The molecule has 0 fully saturated rings. The SMILES string of the molecule is CC.O=C1CC=C(c2ccc(Cl)cc2)O1. The van der Waals surface area contributed by atoms with Crippen molar-refractivity contribution in [1.82, 2.24) is 0 Å². The molecule has 0 saturated carbocycles. The van der Waals surface area contributed by atoms with Gasteiger partial charge >= 0.3 is 5.97 Å². The van der Waals surface area contributed by atoms with E-state index in [1.54, 1.807) is 18.2 Å². The van der Waals surface area contributed by atoms with Gasteiger partial charge in [-0.25, -0.2) is 0 Å². The highest BCUT2D eigenvalue weighted by Crippen LogP contribution is 2.23. The number of esters is 1. The number of benzene rings is 1. The Bertz CT molecular complexity index is 366. The quantitative estimate of drug-likeness (QED) is 0.681. The van der Waals surface area contributed by atoms with Crippen molar-refractivity contribution < 1.29 is 9.53 Å². The van der Waals surface area contributed by atoms with Gasteiger partial charge in [-0.15, -0.1) is 0 Å². The largest absolute Gasteiger partial charge is 0.426 e. The first kappa shape index (κ1) is 11.8. The van der Waals surface area contributed by atoms with E-state index in [1.807, 2.05) is 26.0 Å². The van der Waals surface area contributed by atoms with Crippen LogP contribution in [0.3, 0.4) is 0 Å². The molecule has 3 heteroatoms. The van der Waals surface area contributed by atoms with Crippen molar-refractivity contribution in [2.45, 2.75) is 20.3 Å². The zero-order chi connectivity index (χ0) is 11.3. The van der Waals surface area contributed by atoms with Gasteiger partial charge in [0.25, 0.3) is 0 Å². The summed E-state index contributed by atoms with van der Waals surface area (Å²) < 4.78 is 4.97. The first-order chi connectivity index (χ1) is 7.25. The molecule has 0 aromatic heterocycles. The molecule has 1 aliphatic rings. The average molecular weight is 225 g/mol. The van der Waals surface area contributed by atoms with Gasteiger partial charge in [0.2, 0.25) is 0 Å². The first-order valence-corrected chi connectivity index (χ1v) is 5.30. The second-order valence-electron chi connectivity index (χ2n) is 2.75. The Kier molecular flexibility index (Phi) is 4.37. The molecular formula is C12H13ClO2. The third-order valence-electron chi connectivity index (χ3n) is 1.81. The first-order valence-electron chi connectivity index (χ1n) is 4.92. The Morgan fingerprint density at radius 1 is 1.20 bits per heavy atom. The summed E-state index contributed by atoms with van der Waals surface area (Å²) in [4.78, 5) is 10.8. The fourth-order valence-corrected chi connectivity index (χ4v) is 1.30. The van der Waals surface area contributed by atoms with E-state index in [1.165, 1.54) is 0 Å². The summed E-state index contributed by atoms with van der Waals surface area (Å²) in [7, 11) is 0. The fourth-order valence-electron chi connectivity index (χ4n) is 1.17. The van der Waals surface area contributed by atoms with Gasteiger partial charge in [0, 0.05) is 10.6 Å². The van der Waals surface area contributed by atoms with E-state index in [0.717, 1.165) is 5.56 Å². The van der Waals surface area contributed by atoms with Crippen LogP contribution in [-0.2, 0) is 9.53 Å². The predicted molar refractivity (Wildman–Crippen MR) is 61.5 cm³/mol. The van der Waals surface area contributed by atoms with Crippen molar-refractivity contribution in [3.8, 4) is 0 Å². The van der Waals surface area contributed by atoms with E-state index >= 15 is 0 Å². The minimum absolute atomic E-state index is 0.204. The number of rotatable bonds is 1. The van der Waals surface area contributed by atoms with Gasteiger partial charge < -0.3 is 4.74 Å². The van der Waals surface area contributed by atoms with Crippen LogP contribution in [0.4, 0.5) is 0 Å². The molecule has 2 nitrogen and oxygen atoms in total. The summed E-state index contributed by atoms with van der Waals surface area (Å²) in [6.07, 6.45) is 2.13. The third kappa shape index (κ3) is 3.10. The molecule has 0 unspecified atom stereocenters. The normalized spacial score (nSPS) is 13.8. The number of hydrogen-bond acceptors (Lipinski definition) is 2. The van der Waals surface area contributed by atoms with E-state index < -0.39 is 0 Å². The van der Waals surface area contributed by atoms with Crippen molar-refractivity contribution >= 4 is 23.3 Å². The Morgan fingerprint density at radius 2 is 1.80 bits per heavy atom. The van der Waals surface area contributed by atoms with Crippen LogP contribution in [0.2, 0.25) is 5.02 Å². The maximum atomic E-state index is 10.8. The predicted octanol–water partition coefficient (Wildman–Crippen LogP) is 3.65. The number of cyclic esters (lactones) is 1. The van der Waals surface area contributed by atoms with Gasteiger partial charge in [-0.2, -0.15) is 0 Å². The van der Waals surface area contributed by atoms with Gasteiger partial charge in [0.05, 0.1) is 6.42 Å². The van der Waals surface area contributed by atoms with Crippen molar-refractivity contribution in [2.75, 3.05) is 0 Å². The standard InChI is InChI=1S/C10H7ClO2.C2H6/c11-8-3-1-7(2-4-8)9-5-6-10(12)13-9;1-2/h1-5H,6H2;1-2H3. The fraction of sp³-hybridized carbons (Fsp3) is 0.250. The molecule has 0 atom stereocenters. The van der Waals surface area contributed by atoms with Crippen LogP contribution in [0.15, 0.2) is 30.3 Å². The maximum Gasteiger partial charge on any atom is 0.315 e.